The van der Waals surface area contributed by atoms with Crippen LogP contribution in [0.5, 0.6) is 0 Å². The smallest absolute Gasteiger partial charge is 0.222 e. The lowest BCUT2D eigenvalue weighted by atomic mass is 10.2. The number of aliphatic hydroxyl groups excluding tert-OH is 1. The zero-order chi connectivity index (χ0) is 14.0. The maximum atomic E-state index is 11.5. The van der Waals surface area contributed by atoms with Gasteiger partial charge in [-0.15, -0.1) is 0 Å². The fraction of sp³-hybridized carbons (Fsp3) is 0.692. The molecule has 1 N–H and O–H groups in total. The number of hydrogen-bond acceptors (Lipinski definition) is 5. The van der Waals surface area contributed by atoms with Crippen LogP contribution in [-0.2, 0) is 4.79 Å². The quantitative estimate of drug-likeness (QED) is 0.851. The van der Waals surface area contributed by atoms with Gasteiger partial charge in [-0.2, -0.15) is 0 Å². The van der Waals surface area contributed by atoms with Gasteiger partial charge in [-0.1, -0.05) is 5.16 Å². The van der Waals surface area contributed by atoms with E-state index in [1.807, 2.05) is 25.8 Å². The predicted octanol–water partition coefficient (Wildman–Crippen LogP) is 0.711. The highest BCUT2D eigenvalue weighted by Crippen LogP contribution is 2.23. The molecule has 1 fully saturated rings. The summed E-state index contributed by atoms with van der Waals surface area (Å²) in [6, 6.07) is 0. The molecule has 1 saturated heterocycles. The minimum Gasteiger partial charge on any atom is -0.389 e. The summed E-state index contributed by atoms with van der Waals surface area (Å²) in [5.74, 6) is 0.878. The van der Waals surface area contributed by atoms with Crippen LogP contribution in [0.2, 0.25) is 0 Å². The second-order valence-corrected chi connectivity index (χ2v) is 5.15. The van der Waals surface area contributed by atoms with Crippen LogP contribution in [0.3, 0.4) is 0 Å². The standard InChI is InChI=1S/C13H21N3O3/c1-9-13(10(2)19-14-9)15(3)7-11(17)8-16-6-4-5-12(16)18/h11,17H,4-8H2,1-3H3. The molecule has 0 aromatic carbocycles. The van der Waals surface area contributed by atoms with E-state index in [1.54, 1.807) is 4.90 Å². The van der Waals surface area contributed by atoms with E-state index >= 15 is 0 Å². The Hall–Kier alpha value is -1.56. The molecule has 1 unspecified atom stereocenters. The summed E-state index contributed by atoms with van der Waals surface area (Å²) in [6.45, 7) is 5.32. The molecule has 6 nitrogen and oxygen atoms in total. The number of likely N-dealkylation sites (N-methyl/N-ethyl adjacent to an activating group) is 1. The summed E-state index contributed by atoms with van der Waals surface area (Å²) in [7, 11) is 1.89. The Morgan fingerprint density at radius 2 is 2.26 bits per heavy atom. The van der Waals surface area contributed by atoms with Crippen LogP contribution >= 0.6 is 0 Å². The van der Waals surface area contributed by atoms with Gasteiger partial charge in [0, 0.05) is 33.1 Å². The van der Waals surface area contributed by atoms with E-state index in [-0.39, 0.29) is 5.91 Å². The summed E-state index contributed by atoms with van der Waals surface area (Å²) in [6.07, 6.45) is 0.929. The van der Waals surface area contributed by atoms with Crippen LogP contribution in [0, 0.1) is 13.8 Å². The average Bonchev–Trinajstić information content (AvgIpc) is 2.86. The van der Waals surface area contributed by atoms with Crippen molar-refractivity contribution in [2.45, 2.75) is 32.8 Å². The maximum absolute atomic E-state index is 11.5. The van der Waals surface area contributed by atoms with E-state index in [1.165, 1.54) is 0 Å². The monoisotopic (exact) mass is 267 g/mol. The fourth-order valence-corrected chi connectivity index (χ4v) is 2.64. The van der Waals surface area contributed by atoms with E-state index in [0.29, 0.717) is 19.5 Å². The van der Waals surface area contributed by atoms with Crippen molar-refractivity contribution >= 4 is 11.6 Å². The van der Waals surface area contributed by atoms with Gasteiger partial charge >= 0.3 is 0 Å². The summed E-state index contributed by atoms with van der Waals surface area (Å²) >= 11 is 0. The Balaban J connectivity index is 1.91. The number of carbonyl (C=O) groups is 1. The third kappa shape index (κ3) is 3.07. The predicted molar refractivity (Wildman–Crippen MR) is 71.1 cm³/mol. The molecule has 1 aromatic rings. The van der Waals surface area contributed by atoms with Crippen molar-refractivity contribution in [2.75, 3.05) is 31.6 Å². The number of aliphatic hydroxyl groups is 1. The maximum Gasteiger partial charge on any atom is 0.222 e. The van der Waals surface area contributed by atoms with Crippen LogP contribution < -0.4 is 4.90 Å². The van der Waals surface area contributed by atoms with Crippen molar-refractivity contribution in [2.24, 2.45) is 0 Å². The van der Waals surface area contributed by atoms with Gasteiger partial charge in [-0.3, -0.25) is 4.79 Å². The van der Waals surface area contributed by atoms with Gasteiger partial charge in [0.1, 0.15) is 11.4 Å². The number of anilines is 1. The first kappa shape index (κ1) is 13.9. The molecule has 1 aliphatic rings. The number of hydrogen-bond donors (Lipinski definition) is 1. The molecule has 19 heavy (non-hydrogen) atoms. The summed E-state index contributed by atoms with van der Waals surface area (Å²) < 4.78 is 5.11. The molecule has 6 heteroatoms. The molecule has 0 radical (unpaired) electrons. The first-order chi connectivity index (χ1) is 8.99. The lowest BCUT2D eigenvalue weighted by Gasteiger charge is -2.25. The van der Waals surface area contributed by atoms with Crippen LogP contribution in [0.15, 0.2) is 4.52 Å². The molecular weight excluding hydrogens is 246 g/mol. The summed E-state index contributed by atoms with van der Waals surface area (Å²) in [4.78, 5) is 15.2. The average molecular weight is 267 g/mol. The molecule has 2 rings (SSSR count). The molecule has 106 valence electrons. The van der Waals surface area contributed by atoms with E-state index in [9.17, 15) is 9.90 Å². The van der Waals surface area contributed by atoms with Gasteiger partial charge in [-0.25, -0.2) is 0 Å². The van der Waals surface area contributed by atoms with Gasteiger partial charge < -0.3 is 19.4 Å². The summed E-state index contributed by atoms with van der Waals surface area (Å²) in [5, 5.41) is 14.0. The van der Waals surface area contributed by atoms with Crippen molar-refractivity contribution < 1.29 is 14.4 Å². The molecule has 1 atom stereocenters. The zero-order valence-electron chi connectivity index (χ0n) is 11.7. The highest BCUT2D eigenvalue weighted by atomic mass is 16.5. The minimum atomic E-state index is -0.569. The van der Waals surface area contributed by atoms with E-state index in [0.717, 1.165) is 30.1 Å². The van der Waals surface area contributed by atoms with Gasteiger partial charge in [0.15, 0.2) is 5.76 Å². The number of aromatic nitrogens is 1. The van der Waals surface area contributed by atoms with Gasteiger partial charge in [0.25, 0.3) is 0 Å². The Kier molecular flexibility index (Phi) is 4.09. The zero-order valence-corrected chi connectivity index (χ0v) is 11.7. The van der Waals surface area contributed by atoms with Crippen molar-refractivity contribution in [1.29, 1.82) is 0 Å². The molecule has 0 spiro atoms. The molecule has 2 heterocycles. The minimum absolute atomic E-state index is 0.138. The molecule has 1 aliphatic heterocycles. The number of carbonyl (C=O) groups excluding carboxylic acids is 1. The molecular formula is C13H21N3O3. The number of nitrogens with zero attached hydrogens (tertiary/aromatic N) is 3. The van der Waals surface area contributed by atoms with Crippen LogP contribution in [-0.4, -0.2) is 53.9 Å². The Bertz CT molecular complexity index is 438. The number of aryl methyl sites for hydroxylation is 2. The van der Waals surface area contributed by atoms with E-state index in [4.69, 9.17) is 4.52 Å². The number of rotatable bonds is 5. The first-order valence-corrected chi connectivity index (χ1v) is 6.59. The van der Waals surface area contributed by atoms with E-state index in [2.05, 4.69) is 5.16 Å². The van der Waals surface area contributed by atoms with Crippen molar-refractivity contribution in [1.82, 2.24) is 10.1 Å². The molecule has 1 amide bonds. The lowest BCUT2D eigenvalue weighted by molar-refractivity contribution is -0.128. The largest absolute Gasteiger partial charge is 0.389 e. The number of amides is 1. The number of β-amino-alcohol motifs (C(OH)–C–C–N with tert-alkyl or cyclic N) is 1. The second-order valence-electron chi connectivity index (χ2n) is 5.15. The van der Waals surface area contributed by atoms with E-state index < -0.39 is 6.10 Å². The van der Waals surface area contributed by atoms with Crippen molar-refractivity contribution in [3.8, 4) is 0 Å². The normalized spacial score (nSPS) is 17.1. The lowest BCUT2D eigenvalue weighted by Crippen LogP contribution is -2.39. The Labute approximate surface area is 113 Å². The van der Waals surface area contributed by atoms with Crippen LogP contribution in [0.25, 0.3) is 0 Å². The Morgan fingerprint density at radius 1 is 1.53 bits per heavy atom. The van der Waals surface area contributed by atoms with Gasteiger partial charge in [-0.05, 0) is 20.3 Å². The molecule has 1 aromatic heterocycles. The van der Waals surface area contributed by atoms with Gasteiger partial charge in [0.05, 0.1) is 6.10 Å². The molecule has 0 saturated carbocycles. The SMILES string of the molecule is Cc1noc(C)c1N(C)CC(O)CN1CCCC1=O. The third-order valence-electron chi connectivity index (χ3n) is 3.46. The van der Waals surface area contributed by atoms with Crippen molar-refractivity contribution in [3.05, 3.63) is 11.5 Å². The fourth-order valence-electron chi connectivity index (χ4n) is 2.64. The van der Waals surface area contributed by atoms with Crippen LogP contribution in [0.4, 0.5) is 5.69 Å². The van der Waals surface area contributed by atoms with Crippen LogP contribution in [0.1, 0.15) is 24.3 Å². The molecule has 0 bridgehead atoms. The second kappa shape index (κ2) is 5.61. The molecule has 0 aliphatic carbocycles. The topological polar surface area (TPSA) is 69.8 Å². The first-order valence-electron chi connectivity index (χ1n) is 6.59. The van der Waals surface area contributed by atoms with Gasteiger partial charge in [0.2, 0.25) is 5.91 Å². The van der Waals surface area contributed by atoms with Crippen molar-refractivity contribution in [3.63, 3.8) is 0 Å². The summed E-state index contributed by atoms with van der Waals surface area (Å²) in [5.41, 5.74) is 1.72. The Morgan fingerprint density at radius 3 is 2.79 bits per heavy atom. The highest BCUT2D eigenvalue weighted by molar-refractivity contribution is 5.78. The third-order valence-corrected chi connectivity index (χ3v) is 3.46. The highest BCUT2D eigenvalue weighted by Gasteiger charge is 2.24. The number of likely N-dealkylation sites (tertiary alicyclic amines) is 1.